The van der Waals surface area contributed by atoms with Crippen LogP contribution in [-0.4, -0.2) is 23.5 Å². The normalized spacial score (nSPS) is 23.6. The zero-order chi connectivity index (χ0) is 14.7. The van der Waals surface area contributed by atoms with E-state index in [1.54, 1.807) is 5.56 Å². The molecule has 1 aliphatic carbocycles. The third-order valence-electron chi connectivity index (χ3n) is 4.96. The number of rotatable bonds is 7. The Balaban J connectivity index is 1.59. The van der Waals surface area contributed by atoms with Crippen LogP contribution in [0.3, 0.4) is 0 Å². The van der Waals surface area contributed by atoms with Crippen LogP contribution in [0.25, 0.3) is 0 Å². The summed E-state index contributed by atoms with van der Waals surface area (Å²) in [6.45, 7) is 8.18. The molecule has 1 saturated carbocycles. The topological polar surface area (TPSA) is 15.3 Å². The van der Waals surface area contributed by atoms with Crippen LogP contribution in [0.2, 0.25) is 0 Å². The van der Waals surface area contributed by atoms with Crippen molar-refractivity contribution >= 4 is 11.3 Å². The lowest BCUT2D eigenvalue weighted by Gasteiger charge is -2.35. The zero-order valence-electron chi connectivity index (χ0n) is 13.7. The van der Waals surface area contributed by atoms with Gasteiger partial charge in [-0.15, -0.1) is 11.3 Å². The first-order valence-corrected chi connectivity index (χ1v) is 9.63. The molecular formula is C18H30N2S. The second kappa shape index (κ2) is 7.26. The van der Waals surface area contributed by atoms with Gasteiger partial charge in [0.25, 0.3) is 0 Å². The Kier molecular flexibility index (Phi) is 5.36. The van der Waals surface area contributed by atoms with Gasteiger partial charge >= 0.3 is 0 Å². The number of nitrogens with one attached hydrogen (secondary N) is 1. The van der Waals surface area contributed by atoms with E-state index in [2.05, 4.69) is 30.1 Å². The molecule has 2 nitrogen and oxygen atoms in total. The summed E-state index contributed by atoms with van der Waals surface area (Å²) in [6, 6.07) is 4.11. The minimum Gasteiger partial charge on any atom is -0.309 e. The lowest BCUT2D eigenvalue weighted by Crippen LogP contribution is -2.38. The number of nitrogens with zero attached hydrogens (tertiary/aromatic N) is 1. The number of hydrogen-bond acceptors (Lipinski definition) is 3. The molecule has 2 aliphatic rings. The fourth-order valence-corrected chi connectivity index (χ4v) is 4.52. The molecule has 2 heterocycles. The van der Waals surface area contributed by atoms with Gasteiger partial charge in [-0.2, -0.15) is 0 Å². The van der Waals surface area contributed by atoms with Gasteiger partial charge in [-0.3, -0.25) is 4.90 Å². The highest BCUT2D eigenvalue weighted by Crippen LogP contribution is 2.28. The standard InChI is InChI=1S/C18H30N2S/c1-3-6-17-7-4-5-10-20(17)13-15-11-18(21-14(15)2)12-19-16-8-9-16/h11,16-17,19H,3-10,12-13H2,1-2H3. The van der Waals surface area contributed by atoms with Gasteiger partial charge in [0.2, 0.25) is 0 Å². The highest BCUT2D eigenvalue weighted by atomic mass is 32.1. The van der Waals surface area contributed by atoms with Crippen molar-refractivity contribution in [1.82, 2.24) is 10.2 Å². The molecular weight excluding hydrogens is 276 g/mol. The number of hydrogen-bond donors (Lipinski definition) is 1. The summed E-state index contributed by atoms with van der Waals surface area (Å²) in [7, 11) is 0. The predicted octanol–water partition coefficient (Wildman–Crippen LogP) is 4.46. The molecule has 0 bridgehead atoms. The molecule has 0 spiro atoms. The van der Waals surface area contributed by atoms with Crippen molar-refractivity contribution < 1.29 is 0 Å². The molecule has 1 unspecified atom stereocenters. The largest absolute Gasteiger partial charge is 0.309 e. The van der Waals surface area contributed by atoms with Gasteiger partial charge in [-0.05, 0) is 57.2 Å². The first kappa shape index (κ1) is 15.5. The molecule has 1 aromatic rings. The summed E-state index contributed by atoms with van der Waals surface area (Å²) in [5.41, 5.74) is 1.58. The Bertz CT molecular complexity index is 448. The summed E-state index contributed by atoms with van der Waals surface area (Å²) in [5.74, 6) is 0. The van der Waals surface area contributed by atoms with Gasteiger partial charge in [0.1, 0.15) is 0 Å². The molecule has 3 rings (SSSR count). The second-order valence-corrected chi connectivity index (χ2v) is 8.20. The van der Waals surface area contributed by atoms with Crippen LogP contribution in [0.15, 0.2) is 6.07 Å². The Morgan fingerprint density at radius 1 is 1.29 bits per heavy atom. The number of piperidine rings is 1. The van der Waals surface area contributed by atoms with Crippen LogP contribution in [-0.2, 0) is 13.1 Å². The van der Waals surface area contributed by atoms with Crippen molar-refractivity contribution in [2.24, 2.45) is 0 Å². The van der Waals surface area contributed by atoms with Crippen LogP contribution in [0.4, 0.5) is 0 Å². The molecule has 0 radical (unpaired) electrons. The molecule has 118 valence electrons. The summed E-state index contributed by atoms with van der Waals surface area (Å²) >= 11 is 2.00. The molecule has 3 heteroatoms. The first-order valence-electron chi connectivity index (χ1n) is 8.82. The zero-order valence-corrected chi connectivity index (χ0v) is 14.5. The Labute approximate surface area is 133 Å². The summed E-state index contributed by atoms with van der Waals surface area (Å²) < 4.78 is 0. The summed E-state index contributed by atoms with van der Waals surface area (Å²) in [6.07, 6.45) is 9.68. The predicted molar refractivity (Wildman–Crippen MR) is 91.9 cm³/mol. The second-order valence-electron chi connectivity index (χ2n) is 6.86. The Morgan fingerprint density at radius 2 is 2.14 bits per heavy atom. The number of aryl methyl sites for hydroxylation is 1. The van der Waals surface area contributed by atoms with E-state index in [9.17, 15) is 0 Å². The van der Waals surface area contributed by atoms with E-state index < -0.39 is 0 Å². The fourth-order valence-electron chi connectivity index (χ4n) is 3.51. The van der Waals surface area contributed by atoms with E-state index in [1.165, 1.54) is 67.8 Å². The molecule has 1 atom stereocenters. The van der Waals surface area contributed by atoms with Crippen molar-refractivity contribution in [3.63, 3.8) is 0 Å². The van der Waals surface area contributed by atoms with Gasteiger partial charge in [-0.1, -0.05) is 19.8 Å². The maximum Gasteiger partial charge on any atom is 0.0302 e. The van der Waals surface area contributed by atoms with Gasteiger partial charge in [-0.25, -0.2) is 0 Å². The quantitative estimate of drug-likeness (QED) is 0.800. The monoisotopic (exact) mass is 306 g/mol. The molecule has 0 aromatic carbocycles. The Morgan fingerprint density at radius 3 is 2.90 bits per heavy atom. The van der Waals surface area contributed by atoms with Gasteiger partial charge in [0.15, 0.2) is 0 Å². The average molecular weight is 307 g/mol. The summed E-state index contributed by atoms with van der Waals surface area (Å²) in [4.78, 5) is 5.81. The van der Waals surface area contributed by atoms with Crippen molar-refractivity contribution in [2.45, 2.75) is 84.0 Å². The smallest absolute Gasteiger partial charge is 0.0302 e. The van der Waals surface area contributed by atoms with Crippen molar-refractivity contribution in [3.8, 4) is 0 Å². The van der Waals surface area contributed by atoms with E-state index in [1.807, 2.05) is 11.3 Å². The number of thiophene rings is 1. The highest BCUT2D eigenvalue weighted by molar-refractivity contribution is 7.12. The minimum atomic E-state index is 0.812. The lowest BCUT2D eigenvalue weighted by molar-refractivity contribution is 0.131. The van der Waals surface area contributed by atoms with Crippen LogP contribution in [0, 0.1) is 6.92 Å². The van der Waals surface area contributed by atoms with Crippen LogP contribution in [0.5, 0.6) is 0 Å². The van der Waals surface area contributed by atoms with E-state index in [-0.39, 0.29) is 0 Å². The molecule has 1 aromatic heterocycles. The highest BCUT2D eigenvalue weighted by Gasteiger charge is 2.23. The van der Waals surface area contributed by atoms with Crippen LogP contribution in [0.1, 0.15) is 67.2 Å². The van der Waals surface area contributed by atoms with Crippen molar-refractivity contribution in [1.29, 1.82) is 0 Å². The first-order chi connectivity index (χ1) is 10.3. The third kappa shape index (κ3) is 4.30. The van der Waals surface area contributed by atoms with Gasteiger partial charge in [0.05, 0.1) is 0 Å². The van der Waals surface area contributed by atoms with Gasteiger partial charge in [0, 0.05) is 34.9 Å². The average Bonchev–Trinajstić information content (AvgIpc) is 3.24. The maximum absolute atomic E-state index is 3.64. The number of likely N-dealkylation sites (tertiary alicyclic amines) is 1. The van der Waals surface area contributed by atoms with E-state index >= 15 is 0 Å². The molecule has 2 fully saturated rings. The SMILES string of the molecule is CCCC1CCCCN1Cc1cc(CNC2CC2)sc1C. The van der Waals surface area contributed by atoms with E-state index in [0.29, 0.717) is 0 Å². The minimum absolute atomic E-state index is 0.812. The van der Waals surface area contributed by atoms with Crippen LogP contribution >= 0.6 is 11.3 Å². The van der Waals surface area contributed by atoms with E-state index in [4.69, 9.17) is 0 Å². The molecule has 1 saturated heterocycles. The summed E-state index contributed by atoms with van der Waals surface area (Å²) in [5, 5.41) is 3.64. The van der Waals surface area contributed by atoms with Crippen LogP contribution < -0.4 is 5.32 Å². The van der Waals surface area contributed by atoms with Gasteiger partial charge < -0.3 is 5.32 Å². The molecule has 1 N–H and O–H groups in total. The third-order valence-corrected chi connectivity index (χ3v) is 6.05. The van der Waals surface area contributed by atoms with Crippen molar-refractivity contribution in [3.05, 3.63) is 21.4 Å². The molecule has 21 heavy (non-hydrogen) atoms. The molecule has 0 amide bonds. The lowest BCUT2D eigenvalue weighted by atomic mass is 9.97. The molecule has 1 aliphatic heterocycles. The van der Waals surface area contributed by atoms with Crippen molar-refractivity contribution in [2.75, 3.05) is 6.54 Å². The fraction of sp³-hybridized carbons (Fsp3) is 0.778. The maximum atomic E-state index is 3.64. The van der Waals surface area contributed by atoms with E-state index in [0.717, 1.165) is 18.6 Å². The Hall–Kier alpha value is -0.380.